The van der Waals surface area contributed by atoms with Crippen LogP contribution in [0.4, 0.5) is 5.13 Å². The van der Waals surface area contributed by atoms with E-state index in [0.717, 1.165) is 57.1 Å². The summed E-state index contributed by atoms with van der Waals surface area (Å²) in [5, 5.41) is 4.40. The van der Waals surface area contributed by atoms with Crippen LogP contribution in [0.2, 0.25) is 0 Å². The van der Waals surface area contributed by atoms with Crippen LogP contribution in [0.1, 0.15) is 24.6 Å². The molecule has 0 saturated carbocycles. The van der Waals surface area contributed by atoms with Crippen LogP contribution < -0.4 is 10.2 Å². The zero-order chi connectivity index (χ0) is 13.9. The van der Waals surface area contributed by atoms with Crippen LogP contribution in [0.25, 0.3) is 0 Å². The smallest absolute Gasteiger partial charge is 0.239 e. The van der Waals surface area contributed by atoms with Gasteiger partial charge >= 0.3 is 0 Å². The molecule has 1 aromatic heterocycles. The summed E-state index contributed by atoms with van der Waals surface area (Å²) in [5.74, 6) is 0.288. The summed E-state index contributed by atoms with van der Waals surface area (Å²) in [6, 6.07) is 0.0631. The molecule has 0 bridgehead atoms. The monoisotopic (exact) mass is 294 g/mol. The van der Waals surface area contributed by atoms with Crippen molar-refractivity contribution in [3.63, 3.8) is 0 Å². The van der Waals surface area contributed by atoms with Crippen molar-refractivity contribution in [3.8, 4) is 0 Å². The van der Waals surface area contributed by atoms with Crippen LogP contribution in [0.5, 0.6) is 0 Å². The van der Waals surface area contributed by atoms with E-state index in [4.69, 9.17) is 0 Å². The Morgan fingerprint density at radius 1 is 1.45 bits per heavy atom. The molecular weight excluding hydrogens is 272 g/mol. The van der Waals surface area contributed by atoms with Gasteiger partial charge in [0.25, 0.3) is 0 Å². The zero-order valence-corrected chi connectivity index (χ0v) is 12.8. The molecule has 2 aliphatic rings. The standard InChI is InChI=1S/C14H22N4OS/c1-2-11-10-16-14(20-11)18-8-6-17(7-9-18)13(19)12-4-3-5-15-12/h10,12,15H,2-9H2,1H3. The van der Waals surface area contributed by atoms with Gasteiger partial charge in [-0.1, -0.05) is 6.92 Å². The molecule has 0 aliphatic carbocycles. The van der Waals surface area contributed by atoms with E-state index in [1.807, 2.05) is 11.1 Å². The lowest BCUT2D eigenvalue weighted by Gasteiger charge is -2.35. The van der Waals surface area contributed by atoms with Gasteiger partial charge in [0.1, 0.15) is 0 Å². The van der Waals surface area contributed by atoms with E-state index in [-0.39, 0.29) is 11.9 Å². The molecule has 20 heavy (non-hydrogen) atoms. The molecule has 1 amide bonds. The minimum Gasteiger partial charge on any atom is -0.345 e. The van der Waals surface area contributed by atoms with Crippen molar-refractivity contribution in [1.29, 1.82) is 0 Å². The van der Waals surface area contributed by atoms with Crippen molar-refractivity contribution in [2.24, 2.45) is 0 Å². The molecule has 1 unspecified atom stereocenters. The second-order valence-corrected chi connectivity index (χ2v) is 6.52. The van der Waals surface area contributed by atoms with Crippen molar-refractivity contribution in [2.45, 2.75) is 32.2 Å². The first-order valence-corrected chi connectivity index (χ1v) is 8.31. The number of nitrogens with zero attached hydrogens (tertiary/aromatic N) is 3. The Labute approximate surface area is 124 Å². The number of nitrogens with one attached hydrogen (secondary N) is 1. The van der Waals surface area contributed by atoms with E-state index in [1.165, 1.54) is 4.88 Å². The molecule has 0 radical (unpaired) electrons. The Morgan fingerprint density at radius 3 is 2.85 bits per heavy atom. The van der Waals surface area contributed by atoms with E-state index in [1.54, 1.807) is 11.3 Å². The Bertz CT molecular complexity index is 461. The number of hydrogen-bond donors (Lipinski definition) is 1. The van der Waals surface area contributed by atoms with Gasteiger partial charge in [-0.15, -0.1) is 11.3 Å². The maximum atomic E-state index is 12.3. The first kappa shape index (κ1) is 13.8. The molecule has 3 rings (SSSR count). The van der Waals surface area contributed by atoms with E-state index in [9.17, 15) is 4.79 Å². The molecule has 0 spiro atoms. The summed E-state index contributed by atoms with van der Waals surface area (Å²) in [6.45, 7) is 6.57. The van der Waals surface area contributed by atoms with Gasteiger partial charge in [-0.05, 0) is 25.8 Å². The van der Waals surface area contributed by atoms with Crippen molar-refractivity contribution in [1.82, 2.24) is 15.2 Å². The third kappa shape index (κ3) is 2.81. The van der Waals surface area contributed by atoms with Gasteiger partial charge in [-0.2, -0.15) is 0 Å². The van der Waals surface area contributed by atoms with E-state index >= 15 is 0 Å². The molecule has 110 valence electrons. The Morgan fingerprint density at radius 2 is 2.25 bits per heavy atom. The molecule has 6 heteroatoms. The summed E-state index contributed by atoms with van der Waals surface area (Å²) in [5.41, 5.74) is 0. The topological polar surface area (TPSA) is 48.5 Å². The maximum Gasteiger partial charge on any atom is 0.239 e. The predicted octanol–water partition coefficient (Wildman–Crippen LogP) is 1.11. The molecule has 5 nitrogen and oxygen atoms in total. The van der Waals surface area contributed by atoms with Gasteiger partial charge in [0.05, 0.1) is 6.04 Å². The quantitative estimate of drug-likeness (QED) is 0.907. The van der Waals surface area contributed by atoms with Crippen LogP contribution in [0.15, 0.2) is 6.20 Å². The van der Waals surface area contributed by atoms with Gasteiger partial charge in [-0.25, -0.2) is 4.98 Å². The molecule has 2 fully saturated rings. The minimum absolute atomic E-state index is 0.0631. The van der Waals surface area contributed by atoms with Gasteiger partial charge < -0.3 is 15.1 Å². The molecule has 1 N–H and O–H groups in total. The van der Waals surface area contributed by atoms with E-state index in [2.05, 4.69) is 22.1 Å². The Kier molecular flexibility index (Phi) is 4.21. The predicted molar refractivity (Wildman–Crippen MR) is 81.3 cm³/mol. The molecular formula is C14H22N4OS. The molecule has 0 aromatic carbocycles. The second-order valence-electron chi connectivity index (χ2n) is 5.42. The average molecular weight is 294 g/mol. The van der Waals surface area contributed by atoms with Crippen LogP contribution >= 0.6 is 11.3 Å². The highest BCUT2D eigenvalue weighted by Crippen LogP contribution is 2.24. The van der Waals surface area contributed by atoms with Crippen molar-refractivity contribution in [3.05, 3.63) is 11.1 Å². The third-order valence-electron chi connectivity index (χ3n) is 4.11. The van der Waals surface area contributed by atoms with Gasteiger partial charge in [0.2, 0.25) is 5.91 Å². The highest BCUT2D eigenvalue weighted by Gasteiger charge is 2.29. The van der Waals surface area contributed by atoms with Crippen molar-refractivity contribution < 1.29 is 4.79 Å². The van der Waals surface area contributed by atoms with Crippen molar-refractivity contribution >= 4 is 22.4 Å². The average Bonchev–Trinajstić information content (AvgIpc) is 3.18. The second kappa shape index (κ2) is 6.10. The summed E-state index contributed by atoms with van der Waals surface area (Å²) >= 11 is 1.77. The summed E-state index contributed by atoms with van der Waals surface area (Å²) in [6.07, 6.45) is 5.13. The van der Waals surface area contributed by atoms with Crippen LogP contribution in [-0.2, 0) is 11.2 Å². The molecule has 1 atom stereocenters. The number of hydrogen-bond acceptors (Lipinski definition) is 5. The summed E-state index contributed by atoms with van der Waals surface area (Å²) in [7, 11) is 0. The maximum absolute atomic E-state index is 12.3. The number of thiazole rings is 1. The highest BCUT2D eigenvalue weighted by atomic mass is 32.1. The number of piperazine rings is 1. The molecule has 3 heterocycles. The van der Waals surface area contributed by atoms with Crippen LogP contribution in [0.3, 0.4) is 0 Å². The SMILES string of the molecule is CCc1cnc(N2CCN(C(=O)C3CCCN3)CC2)s1. The van der Waals surface area contributed by atoms with Crippen LogP contribution in [0, 0.1) is 0 Å². The lowest BCUT2D eigenvalue weighted by Crippen LogP contribution is -2.53. The third-order valence-corrected chi connectivity index (χ3v) is 5.31. The minimum atomic E-state index is 0.0631. The number of aryl methyl sites for hydroxylation is 1. The highest BCUT2D eigenvalue weighted by molar-refractivity contribution is 7.15. The van der Waals surface area contributed by atoms with Gasteiger partial charge in [-0.3, -0.25) is 4.79 Å². The largest absolute Gasteiger partial charge is 0.345 e. The normalized spacial score (nSPS) is 23.4. The lowest BCUT2D eigenvalue weighted by molar-refractivity contribution is -0.133. The van der Waals surface area contributed by atoms with Gasteiger partial charge in [0, 0.05) is 37.3 Å². The van der Waals surface area contributed by atoms with Crippen LogP contribution in [-0.4, -0.2) is 54.6 Å². The van der Waals surface area contributed by atoms with E-state index in [0.29, 0.717) is 0 Å². The number of rotatable bonds is 3. The molecule has 2 aliphatic heterocycles. The summed E-state index contributed by atoms with van der Waals surface area (Å²) < 4.78 is 0. The fourth-order valence-corrected chi connectivity index (χ4v) is 3.74. The fourth-order valence-electron chi connectivity index (χ4n) is 2.84. The van der Waals surface area contributed by atoms with E-state index < -0.39 is 0 Å². The first-order chi connectivity index (χ1) is 9.78. The first-order valence-electron chi connectivity index (χ1n) is 7.49. The number of carbonyl (C=O) groups excluding carboxylic acids is 1. The summed E-state index contributed by atoms with van der Waals surface area (Å²) in [4.78, 5) is 22.4. The number of amides is 1. The van der Waals surface area contributed by atoms with Gasteiger partial charge in [0.15, 0.2) is 5.13 Å². The number of anilines is 1. The fraction of sp³-hybridized carbons (Fsp3) is 0.714. The number of carbonyl (C=O) groups is 1. The lowest BCUT2D eigenvalue weighted by atomic mass is 10.2. The zero-order valence-electron chi connectivity index (χ0n) is 12.0. The Hall–Kier alpha value is -1.14. The molecule has 1 aromatic rings. The van der Waals surface area contributed by atoms with Crippen molar-refractivity contribution in [2.75, 3.05) is 37.6 Å². The molecule has 2 saturated heterocycles. The Balaban J connectivity index is 1.55. The number of aromatic nitrogens is 1.